The van der Waals surface area contributed by atoms with Gasteiger partial charge in [0.15, 0.2) is 0 Å². The number of amides is 4. The average Bonchev–Trinajstić information content (AvgIpc) is 2.98. The fourth-order valence-corrected chi connectivity index (χ4v) is 4.27. The van der Waals surface area contributed by atoms with Crippen LogP contribution in [0, 0.1) is 13.8 Å². The molecule has 4 amide bonds. The van der Waals surface area contributed by atoms with Gasteiger partial charge in [-0.3, -0.25) is 14.5 Å². The van der Waals surface area contributed by atoms with E-state index in [2.05, 4.69) is 29.3 Å². The normalized spacial score (nSPS) is 21.5. The molecule has 1 atom stereocenters. The number of hydrogen-bond donors (Lipinski definition) is 1. The summed E-state index contributed by atoms with van der Waals surface area (Å²) in [5.41, 5.74) is 3.00. The van der Waals surface area contributed by atoms with Crippen LogP contribution in [-0.4, -0.2) is 60.4 Å². The van der Waals surface area contributed by atoms with Crippen LogP contribution >= 0.6 is 0 Å². The molecule has 2 fully saturated rings. The predicted octanol–water partition coefficient (Wildman–Crippen LogP) is 2.42. The Balaban J connectivity index is 1.40. The van der Waals surface area contributed by atoms with Crippen molar-refractivity contribution in [1.82, 2.24) is 15.1 Å². The summed E-state index contributed by atoms with van der Waals surface area (Å²) in [6.07, 6.45) is 0. The number of aryl methyl sites for hydroxylation is 2. The molecule has 0 saturated carbocycles. The Bertz CT molecular complexity index is 1010. The number of para-hydroxylation sites is 1. The van der Waals surface area contributed by atoms with E-state index in [9.17, 15) is 14.4 Å². The van der Waals surface area contributed by atoms with Crippen molar-refractivity contribution in [3.8, 4) is 0 Å². The summed E-state index contributed by atoms with van der Waals surface area (Å²) in [6, 6.07) is 15.2. The van der Waals surface area contributed by atoms with Gasteiger partial charge in [0.2, 0.25) is 5.91 Å². The highest BCUT2D eigenvalue weighted by Gasteiger charge is 2.49. The van der Waals surface area contributed by atoms with Gasteiger partial charge in [-0.25, -0.2) is 4.79 Å². The van der Waals surface area contributed by atoms with Crippen LogP contribution in [0.25, 0.3) is 0 Å². The van der Waals surface area contributed by atoms with Gasteiger partial charge in [-0.1, -0.05) is 48.0 Å². The number of imide groups is 1. The molecule has 0 aromatic heterocycles. The lowest BCUT2D eigenvalue weighted by atomic mass is 9.91. The maximum Gasteiger partial charge on any atom is 0.325 e. The minimum atomic E-state index is -1.16. The number of anilines is 1. The van der Waals surface area contributed by atoms with Crippen LogP contribution in [0.4, 0.5) is 10.5 Å². The average molecular weight is 421 g/mol. The minimum Gasteiger partial charge on any atom is -0.368 e. The Morgan fingerprint density at radius 2 is 1.61 bits per heavy atom. The van der Waals surface area contributed by atoms with E-state index in [0.717, 1.165) is 23.6 Å². The van der Waals surface area contributed by atoms with E-state index < -0.39 is 17.5 Å². The Morgan fingerprint density at radius 3 is 2.26 bits per heavy atom. The zero-order chi connectivity index (χ0) is 22.2. The molecule has 2 aromatic carbocycles. The number of piperazine rings is 1. The molecule has 0 bridgehead atoms. The van der Waals surface area contributed by atoms with Gasteiger partial charge >= 0.3 is 6.03 Å². The lowest BCUT2D eigenvalue weighted by Crippen LogP contribution is -2.52. The SMILES string of the molecule is Cc1ccc(C2(C)NC(=O)N(CC(=O)N3CCN(c4ccccc4C)CC3)C2=O)cc1. The summed E-state index contributed by atoms with van der Waals surface area (Å²) >= 11 is 0. The predicted molar refractivity (Wildman–Crippen MR) is 119 cm³/mol. The standard InChI is InChI=1S/C24H28N4O3/c1-17-8-10-19(11-9-17)24(3)22(30)28(23(31)25-24)16-21(29)27-14-12-26(13-15-27)20-7-5-4-6-18(20)2/h4-11H,12-16H2,1-3H3,(H,25,31). The number of rotatable bonds is 4. The minimum absolute atomic E-state index is 0.207. The molecule has 0 aliphatic carbocycles. The highest BCUT2D eigenvalue weighted by molar-refractivity contribution is 6.09. The lowest BCUT2D eigenvalue weighted by Gasteiger charge is -2.37. The number of nitrogens with zero attached hydrogens (tertiary/aromatic N) is 3. The summed E-state index contributed by atoms with van der Waals surface area (Å²) < 4.78 is 0. The highest BCUT2D eigenvalue weighted by Crippen LogP contribution is 2.29. The first kappa shape index (κ1) is 20.9. The van der Waals surface area contributed by atoms with Crippen molar-refractivity contribution in [2.75, 3.05) is 37.6 Å². The molecular weight excluding hydrogens is 392 g/mol. The van der Waals surface area contributed by atoms with Crippen LogP contribution in [0.1, 0.15) is 23.6 Å². The van der Waals surface area contributed by atoms with Gasteiger partial charge in [0.05, 0.1) is 0 Å². The second-order valence-electron chi connectivity index (χ2n) is 8.47. The molecule has 2 aromatic rings. The van der Waals surface area contributed by atoms with E-state index in [0.29, 0.717) is 18.7 Å². The summed E-state index contributed by atoms with van der Waals surface area (Å²) in [7, 11) is 0. The van der Waals surface area contributed by atoms with Gasteiger partial charge in [-0.05, 0) is 38.0 Å². The van der Waals surface area contributed by atoms with Crippen molar-refractivity contribution in [2.45, 2.75) is 26.3 Å². The van der Waals surface area contributed by atoms with Crippen molar-refractivity contribution in [1.29, 1.82) is 0 Å². The van der Waals surface area contributed by atoms with Crippen molar-refractivity contribution in [3.05, 3.63) is 65.2 Å². The molecule has 1 unspecified atom stereocenters. The molecule has 7 heteroatoms. The van der Waals surface area contributed by atoms with Gasteiger partial charge in [-0.2, -0.15) is 0 Å². The molecule has 162 valence electrons. The summed E-state index contributed by atoms with van der Waals surface area (Å²) in [4.78, 5) is 43.5. The van der Waals surface area contributed by atoms with E-state index in [4.69, 9.17) is 0 Å². The van der Waals surface area contributed by atoms with Gasteiger partial charge in [0, 0.05) is 31.9 Å². The third-order valence-electron chi connectivity index (χ3n) is 6.29. The first-order chi connectivity index (χ1) is 14.8. The number of benzene rings is 2. The van der Waals surface area contributed by atoms with Gasteiger partial charge in [-0.15, -0.1) is 0 Å². The summed E-state index contributed by atoms with van der Waals surface area (Å²) in [5, 5.41) is 2.77. The van der Waals surface area contributed by atoms with Gasteiger partial charge < -0.3 is 15.1 Å². The number of carbonyl (C=O) groups is 3. The molecule has 2 aliphatic heterocycles. The number of hydrogen-bond acceptors (Lipinski definition) is 4. The topological polar surface area (TPSA) is 73.0 Å². The van der Waals surface area contributed by atoms with E-state index in [1.807, 2.05) is 43.3 Å². The maximum atomic E-state index is 13.1. The number of nitrogens with one attached hydrogen (secondary N) is 1. The monoisotopic (exact) mass is 420 g/mol. The molecule has 2 aliphatic rings. The Kier molecular flexibility index (Phi) is 5.43. The molecule has 7 nitrogen and oxygen atoms in total. The van der Waals surface area contributed by atoms with E-state index in [1.165, 1.54) is 11.3 Å². The lowest BCUT2D eigenvalue weighted by molar-refractivity contribution is -0.139. The number of carbonyl (C=O) groups excluding carboxylic acids is 3. The summed E-state index contributed by atoms with van der Waals surface area (Å²) in [6.45, 7) is 8.05. The molecule has 0 radical (unpaired) electrons. The van der Waals surface area contributed by atoms with Crippen LogP contribution in [0.2, 0.25) is 0 Å². The van der Waals surface area contributed by atoms with Crippen LogP contribution in [-0.2, 0) is 15.1 Å². The second kappa shape index (κ2) is 8.06. The van der Waals surface area contributed by atoms with Gasteiger partial charge in [0.25, 0.3) is 5.91 Å². The Morgan fingerprint density at radius 1 is 0.968 bits per heavy atom. The Hall–Kier alpha value is -3.35. The maximum absolute atomic E-state index is 13.1. The van der Waals surface area contributed by atoms with E-state index in [-0.39, 0.29) is 12.5 Å². The van der Waals surface area contributed by atoms with Crippen LogP contribution in [0.3, 0.4) is 0 Å². The van der Waals surface area contributed by atoms with Crippen LogP contribution < -0.4 is 10.2 Å². The number of urea groups is 1. The molecular formula is C24H28N4O3. The third kappa shape index (κ3) is 3.87. The zero-order valence-electron chi connectivity index (χ0n) is 18.2. The molecule has 0 spiro atoms. The highest BCUT2D eigenvalue weighted by atomic mass is 16.2. The third-order valence-corrected chi connectivity index (χ3v) is 6.29. The van der Waals surface area contributed by atoms with Crippen molar-refractivity contribution >= 4 is 23.5 Å². The molecule has 2 saturated heterocycles. The van der Waals surface area contributed by atoms with Crippen molar-refractivity contribution < 1.29 is 14.4 Å². The zero-order valence-corrected chi connectivity index (χ0v) is 18.2. The molecule has 4 rings (SSSR count). The second-order valence-corrected chi connectivity index (χ2v) is 8.47. The van der Waals surface area contributed by atoms with E-state index >= 15 is 0 Å². The van der Waals surface area contributed by atoms with Crippen molar-refractivity contribution in [2.24, 2.45) is 0 Å². The first-order valence-corrected chi connectivity index (χ1v) is 10.6. The van der Waals surface area contributed by atoms with E-state index in [1.54, 1.807) is 11.8 Å². The largest absolute Gasteiger partial charge is 0.368 e. The first-order valence-electron chi connectivity index (χ1n) is 10.6. The fraction of sp³-hybridized carbons (Fsp3) is 0.375. The van der Waals surface area contributed by atoms with Crippen molar-refractivity contribution in [3.63, 3.8) is 0 Å². The van der Waals surface area contributed by atoms with Crippen LogP contribution in [0.15, 0.2) is 48.5 Å². The smallest absolute Gasteiger partial charge is 0.325 e. The fourth-order valence-electron chi connectivity index (χ4n) is 4.27. The van der Waals surface area contributed by atoms with Gasteiger partial charge in [0.1, 0.15) is 12.1 Å². The quantitative estimate of drug-likeness (QED) is 0.771. The molecule has 31 heavy (non-hydrogen) atoms. The Labute approximate surface area is 182 Å². The molecule has 2 heterocycles. The molecule has 1 N–H and O–H groups in total. The summed E-state index contributed by atoms with van der Waals surface area (Å²) in [5.74, 6) is -0.602. The van der Waals surface area contributed by atoms with Crippen LogP contribution in [0.5, 0.6) is 0 Å².